The van der Waals surface area contributed by atoms with Gasteiger partial charge in [-0.2, -0.15) is 0 Å². The minimum absolute atomic E-state index is 1.14. The van der Waals surface area contributed by atoms with Crippen molar-refractivity contribution in [1.82, 2.24) is 0 Å². The molecule has 0 aliphatic rings. The highest BCUT2D eigenvalue weighted by molar-refractivity contribution is 14.1. The Bertz CT molecular complexity index is 95.9. The first kappa shape index (κ1) is 6.81. The second-order valence-corrected chi connectivity index (χ2v) is 1.46. The van der Waals surface area contributed by atoms with Gasteiger partial charge in [-0.25, -0.2) is 0 Å². The third-order valence-corrected chi connectivity index (χ3v) is 0.625. The minimum atomic E-state index is 1.14. The molecule has 0 spiro atoms. The van der Waals surface area contributed by atoms with E-state index in [4.69, 9.17) is 5.41 Å². The summed E-state index contributed by atoms with van der Waals surface area (Å²) in [5.41, 5.74) is 0. The van der Waals surface area contributed by atoms with Gasteiger partial charge in [-0.1, -0.05) is 22.6 Å². The van der Waals surface area contributed by atoms with Gasteiger partial charge in [0, 0.05) is 18.6 Å². The van der Waals surface area contributed by atoms with Gasteiger partial charge in [0.05, 0.1) is 0 Å². The molecule has 0 aliphatic carbocycles. The van der Waals surface area contributed by atoms with Crippen molar-refractivity contribution in [1.29, 1.82) is 5.41 Å². The number of hydrogen-bond acceptors (Lipinski definition) is 2. The predicted molar refractivity (Wildman–Crippen MR) is 40.4 cm³/mol. The number of halogens is 1. The number of rotatable bonds is 2. The molecule has 0 heterocycles. The molecule has 38 valence electrons. The molecule has 0 atom stereocenters. The van der Waals surface area contributed by atoms with Crippen molar-refractivity contribution >= 4 is 35.0 Å². The molecule has 0 rings (SSSR count). The summed E-state index contributed by atoms with van der Waals surface area (Å²) in [6.45, 7) is 0. The van der Waals surface area contributed by atoms with Gasteiger partial charge in [0.1, 0.15) is 0 Å². The van der Waals surface area contributed by atoms with Crippen LogP contribution in [0.5, 0.6) is 0 Å². The summed E-state index contributed by atoms with van der Waals surface area (Å²) in [5, 5.41) is 6.47. The smallest absolute Gasteiger partial charge is 0.0443 e. The van der Waals surface area contributed by atoms with E-state index in [9.17, 15) is 0 Å². The van der Waals surface area contributed by atoms with Crippen LogP contribution in [0.3, 0.4) is 0 Å². The van der Waals surface area contributed by atoms with Crippen molar-refractivity contribution in [3.63, 3.8) is 0 Å². The Morgan fingerprint density at radius 3 is 2.71 bits per heavy atom. The van der Waals surface area contributed by atoms with Crippen LogP contribution in [-0.4, -0.2) is 12.4 Å². The van der Waals surface area contributed by atoms with E-state index in [0.717, 1.165) is 6.21 Å². The van der Waals surface area contributed by atoms with Gasteiger partial charge in [-0.15, -0.1) is 0 Å². The van der Waals surface area contributed by atoms with Gasteiger partial charge >= 0.3 is 0 Å². The van der Waals surface area contributed by atoms with Crippen LogP contribution in [0.25, 0.3) is 0 Å². The molecule has 0 unspecified atom stereocenters. The monoisotopic (exact) mass is 208 g/mol. The summed E-state index contributed by atoms with van der Waals surface area (Å²) < 4.78 is 1.78. The Balaban J connectivity index is 3.27. The lowest BCUT2D eigenvalue weighted by atomic mass is 10.8. The zero-order valence-corrected chi connectivity index (χ0v) is 5.79. The van der Waals surface area contributed by atoms with Gasteiger partial charge in [0.25, 0.3) is 0 Å². The maximum Gasteiger partial charge on any atom is 0.0443 e. The fourth-order valence-corrected chi connectivity index (χ4v) is 0.311. The van der Waals surface area contributed by atoms with E-state index in [2.05, 4.69) is 27.6 Å². The van der Waals surface area contributed by atoms with Crippen LogP contribution in [0.15, 0.2) is 15.3 Å². The lowest BCUT2D eigenvalue weighted by molar-refractivity contribution is 1.58. The van der Waals surface area contributed by atoms with Crippen molar-refractivity contribution in [3.05, 3.63) is 10.3 Å². The molecule has 0 fully saturated rings. The van der Waals surface area contributed by atoms with Gasteiger partial charge in [0.15, 0.2) is 0 Å². The lowest BCUT2D eigenvalue weighted by Crippen LogP contribution is -1.64. The molecular formula is C4H5IN2. The summed E-state index contributed by atoms with van der Waals surface area (Å²) in [7, 11) is 0. The van der Waals surface area contributed by atoms with Crippen LogP contribution in [0, 0.1) is 5.41 Å². The standard InChI is InChI=1S/C4H5IN2/c5-1-3-7-4-2-6/h1-4,6H/b3-1-,6-2?,7-4-. The first-order chi connectivity index (χ1) is 3.41. The van der Waals surface area contributed by atoms with Gasteiger partial charge in [-0.3, -0.25) is 4.99 Å². The number of nitrogens with one attached hydrogen (secondary N) is 1. The fourth-order valence-electron chi connectivity index (χ4n) is 0.125. The first-order valence-electron chi connectivity index (χ1n) is 1.69. The van der Waals surface area contributed by atoms with Crippen LogP contribution in [-0.2, 0) is 0 Å². The molecule has 3 heteroatoms. The molecule has 0 saturated carbocycles. The normalized spacial score (nSPS) is 11.0. The summed E-state index contributed by atoms with van der Waals surface area (Å²) in [5.74, 6) is 0. The first-order valence-corrected chi connectivity index (χ1v) is 2.94. The van der Waals surface area contributed by atoms with Crippen LogP contribution < -0.4 is 0 Å². The number of aliphatic imine (C=N–C) groups is 1. The van der Waals surface area contributed by atoms with Crippen LogP contribution in [0.1, 0.15) is 0 Å². The Hall–Kier alpha value is -0.190. The predicted octanol–water partition coefficient (Wildman–Crippen LogP) is 1.61. The summed E-state index contributed by atoms with van der Waals surface area (Å²) in [6, 6.07) is 0. The largest absolute Gasteiger partial charge is 0.307 e. The molecular weight excluding hydrogens is 203 g/mol. The Labute approximate surface area is 56.0 Å². The molecule has 0 aromatic heterocycles. The maximum atomic E-state index is 6.47. The zero-order valence-electron chi connectivity index (χ0n) is 3.63. The molecule has 0 aromatic carbocycles. The second-order valence-electron chi connectivity index (χ2n) is 0.740. The number of hydrogen-bond donors (Lipinski definition) is 1. The van der Waals surface area contributed by atoms with E-state index in [1.807, 2.05) is 0 Å². The van der Waals surface area contributed by atoms with E-state index in [1.165, 1.54) is 6.21 Å². The highest BCUT2D eigenvalue weighted by Gasteiger charge is 1.54. The Kier molecular flexibility index (Phi) is 5.65. The maximum absolute atomic E-state index is 6.47. The van der Waals surface area contributed by atoms with E-state index in [-0.39, 0.29) is 0 Å². The van der Waals surface area contributed by atoms with Crippen molar-refractivity contribution < 1.29 is 0 Å². The van der Waals surface area contributed by atoms with Crippen LogP contribution in [0.4, 0.5) is 0 Å². The van der Waals surface area contributed by atoms with Gasteiger partial charge in [0.2, 0.25) is 0 Å². The van der Waals surface area contributed by atoms with E-state index >= 15 is 0 Å². The third kappa shape index (κ3) is 5.81. The lowest BCUT2D eigenvalue weighted by Gasteiger charge is -1.65. The molecule has 0 saturated heterocycles. The zero-order chi connectivity index (χ0) is 5.54. The molecule has 2 nitrogen and oxygen atoms in total. The van der Waals surface area contributed by atoms with E-state index in [0.29, 0.717) is 0 Å². The Morgan fingerprint density at radius 2 is 2.29 bits per heavy atom. The third-order valence-electron chi connectivity index (χ3n) is 0.303. The average molecular weight is 208 g/mol. The second kappa shape index (κ2) is 5.81. The van der Waals surface area contributed by atoms with Crippen molar-refractivity contribution in [2.75, 3.05) is 0 Å². The van der Waals surface area contributed by atoms with Crippen molar-refractivity contribution in [3.8, 4) is 0 Å². The summed E-state index contributed by atoms with van der Waals surface area (Å²) >= 11 is 2.06. The van der Waals surface area contributed by atoms with Crippen molar-refractivity contribution in [2.45, 2.75) is 0 Å². The number of nitrogens with zero attached hydrogens (tertiary/aromatic N) is 1. The van der Waals surface area contributed by atoms with E-state index in [1.54, 1.807) is 10.3 Å². The fraction of sp³-hybridized carbons (Fsp3) is 0. The van der Waals surface area contributed by atoms with Gasteiger partial charge in [-0.05, 0) is 4.08 Å². The quantitative estimate of drug-likeness (QED) is 0.528. The molecule has 0 aliphatic heterocycles. The van der Waals surface area contributed by atoms with Gasteiger partial charge < -0.3 is 5.41 Å². The summed E-state index contributed by atoms with van der Waals surface area (Å²) in [6.07, 6.45) is 4.16. The van der Waals surface area contributed by atoms with Crippen molar-refractivity contribution in [2.24, 2.45) is 4.99 Å². The molecule has 1 N–H and O–H groups in total. The SMILES string of the molecule is N=C/C=N\C=C/I. The molecule has 0 aromatic rings. The highest BCUT2D eigenvalue weighted by atomic mass is 127. The van der Waals surface area contributed by atoms with Crippen LogP contribution in [0.2, 0.25) is 0 Å². The molecule has 0 bridgehead atoms. The molecule has 7 heavy (non-hydrogen) atoms. The molecule has 0 radical (unpaired) electrons. The highest BCUT2D eigenvalue weighted by Crippen LogP contribution is 1.81. The van der Waals surface area contributed by atoms with Crippen LogP contribution >= 0.6 is 22.6 Å². The molecule has 0 amide bonds. The minimum Gasteiger partial charge on any atom is -0.307 e. The van der Waals surface area contributed by atoms with E-state index < -0.39 is 0 Å². The Morgan fingerprint density at radius 1 is 1.57 bits per heavy atom. The topological polar surface area (TPSA) is 36.2 Å². The summed E-state index contributed by atoms with van der Waals surface area (Å²) in [4.78, 5) is 3.65. The average Bonchev–Trinajstić information content (AvgIpc) is 1.69.